The zero-order valence-electron chi connectivity index (χ0n) is 12.7. The fraction of sp³-hybridized carbons (Fsp3) is 0.562. The molecule has 1 aliphatic rings. The first-order valence-corrected chi connectivity index (χ1v) is 7.44. The molecule has 0 bridgehead atoms. The van der Waals surface area contributed by atoms with Crippen LogP contribution in [0.4, 0.5) is 8.78 Å². The quantitative estimate of drug-likeness (QED) is 0.810. The third kappa shape index (κ3) is 4.66. The molecule has 4 nitrogen and oxygen atoms in total. The van der Waals surface area contributed by atoms with Crippen LogP contribution in [0.2, 0.25) is 0 Å². The Bertz CT molecular complexity index is 502. The van der Waals surface area contributed by atoms with E-state index in [0.717, 1.165) is 38.0 Å². The molecule has 1 heterocycles. The van der Waals surface area contributed by atoms with Crippen molar-refractivity contribution in [1.29, 1.82) is 0 Å². The number of carbonyl (C=O) groups excluding carboxylic acids is 1. The van der Waals surface area contributed by atoms with E-state index in [4.69, 9.17) is 9.47 Å². The summed E-state index contributed by atoms with van der Waals surface area (Å²) in [6.45, 7) is 1.99. The van der Waals surface area contributed by atoms with Gasteiger partial charge in [0.05, 0.1) is 0 Å². The van der Waals surface area contributed by atoms with Crippen LogP contribution < -0.4 is 4.74 Å². The fourth-order valence-corrected chi connectivity index (χ4v) is 2.56. The van der Waals surface area contributed by atoms with Crippen LogP contribution in [-0.2, 0) is 9.53 Å². The third-order valence-electron chi connectivity index (χ3n) is 3.95. The Morgan fingerprint density at radius 3 is 2.64 bits per heavy atom. The second-order valence-corrected chi connectivity index (χ2v) is 5.47. The summed E-state index contributed by atoms with van der Waals surface area (Å²) in [5.74, 6) is -1.30. The van der Waals surface area contributed by atoms with Gasteiger partial charge in [-0.3, -0.25) is 4.79 Å². The first-order chi connectivity index (χ1) is 10.6. The van der Waals surface area contributed by atoms with Gasteiger partial charge in [-0.15, -0.1) is 0 Å². The van der Waals surface area contributed by atoms with Gasteiger partial charge >= 0.3 is 0 Å². The maximum atomic E-state index is 13.0. The largest absolute Gasteiger partial charge is 0.484 e. The molecule has 1 amide bonds. The first kappa shape index (κ1) is 16.7. The predicted molar refractivity (Wildman–Crippen MR) is 77.7 cm³/mol. The molecule has 0 N–H and O–H groups in total. The average molecular weight is 313 g/mol. The Morgan fingerprint density at radius 1 is 1.27 bits per heavy atom. The highest BCUT2D eigenvalue weighted by molar-refractivity contribution is 5.77. The molecule has 22 heavy (non-hydrogen) atoms. The van der Waals surface area contributed by atoms with Gasteiger partial charge in [-0.2, -0.15) is 0 Å². The van der Waals surface area contributed by atoms with Crippen LogP contribution in [0.15, 0.2) is 18.2 Å². The smallest absolute Gasteiger partial charge is 0.260 e. The van der Waals surface area contributed by atoms with Crippen LogP contribution in [0.25, 0.3) is 0 Å². The summed E-state index contributed by atoms with van der Waals surface area (Å²) in [5.41, 5.74) is 0. The Kier molecular flexibility index (Phi) is 6.12. The number of halogens is 2. The fourth-order valence-electron chi connectivity index (χ4n) is 2.56. The maximum absolute atomic E-state index is 13.0. The van der Waals surface area contributed by atoms with E-state index in [2.05, 4.69) is 0 Å². The summed E-state index contributed by atoms with van der Waals surface area (Å²) >= 11 is 0. The van der Waals surface area contributed by atoms with Crippen molar-refractivity contribution in [2.24, 2.45) is 5.92 Å². The van der Waals surface area contributed by atoms with E-state index in [1.165, 1.54) is 6.07 Å². The second kappa shape index (κ2) is 8.08. The van der Waals surface area contributed by atoms with Crippen molar-refractivity contribution < 1.29 is 23.0 Å². The normalized spacial score (nSPS) is 15.9. The summed E-state index contributed by atoms with van der Waals surface area (Å²) in [4.78, 5) is 13.8. The molecular formula is C16H21F2NO3. The van der Waals surface area contributed by atoms with Gasteiger partial charge in [0.15, 0.2) is 18.2 Å². The Labute approximate surface area is 129 Å². The maximum Gasteiger partial charge on any atom is 0.260 e. The zero-order chi connectivity index (χ0) is 15.9. The highest BCUT2D eigenvalue weighted by atomic mass is 19.2. The summed E-state index contributed by atoms with van der Waals surface area (Å²) in [6, 6.07) is 3.23. The Hall–Kier alpha value is -1.69. The van der Waals surface area contributed by atoms with Gasteiger partial charge in [-0.05, 0) is 37.3 Å². The number of benzene rings is 1. The lowest BCUT2D eigenvalue weighted by molar-refractivity contribution is -0.134. The number of methoxy groups -OCH3 is 1. The number of rotatable bonds is 6. The van der Waals surface area contributed by atoms with Crippen molar-refractivity contribution in [1.82, 2.24) is 4.90 Å². The lowest BCUT2D eigenvalue weighted by Gasteiger charge is -2.31. The molecule has 1 aromatic rings. The number of ether oxygens (including phenoxy) is 2. The van der Waals surface area contributed by atoms with Crippen LogP contribution >= 0.6 is 0 Å². The van der Waals surface area contributed by atoms with Gasteiger partial charge in [0.25, 0.3) is 5.91 Å². The van der Waals surface area contributed by atoms with Gasteiger partial charge in [0, 0.05) is 32.9 Å². The Morgan fingerprint density at radius 2 is 2.00 bits per heavy atom. The minimum Gasteiger partial charge on any atom is -0.484 e. The van der Waals surface area contributed by atoms with E-state index in [9.17, 15) is 13.6 Å². The first-order valence-electron chi connectivity index (χ1n) is 7.44. The molecule has 1 aromatic carbocycles. The van der Waals surface area contributed by atoms with Gasteiger partial charge in [-0.1, -0.05) is 0 Å². The molecule has 0 atom stereocenters. The van der Waals surface area contributed by atoms with Gasteiger partial charge < -0.3 is 14.4 Å². The van der Waals surface area contributed by atoms with E-state index in [0.29, 0.717) is 19.0 Å². The number of carbonyl (C=O) groups is 1. The van der Waals surface area contributed by atoms with E-state index >= 15 is 0 Å². The predicted octanol–water partition coefficient (Wildman–Crippen LogP) is 2.62. The van der Waals surface area contributed by atoms with E-state index < -0.39 is 11.6 Å². The molecule has 122 valence electrons. The third-order valence-corrected chi connectivity index (χ3v) is 3.95. The van der Waals surface area contributed by atoms with E-state index in [-0.39, 0.29) is 18.3 Å². The van der Waals surface area contributed by atoms with Crippen LogP contribution in [0, 0.1) is 17.6 Å². The summed E-state index contributed by atoms with van der Waals surface area (Å²) in [7, 11) is 1.69. The average Bonchev–Trinajstić information content (AvgIpc) is 2.54. The SMILES string of the molecule is COCCC1CCN(C(=O)COc2ccc(F)c(F)c2)CC1. The number of nitrogens with zero attached hydrogens (tertiary/aromatic N) is 1. The minimum atomic E-state index is -0.982. The molecule has 0 saturated carbocycles. The Balaban J connectivity index is 1.75. The van der Waals surface area contributed by atoms with Crippen LogP contribution in [0.1, 0.15) is 19.3 Å². The number of hydrogen-bond donors (Lipinski definition) is 0. The van der Waals surface area contributed by atoms with Crippen molar-refractivity contribution in [3.63, 3.8) is 0 Å². The lowest BCUT2D eigenvalue weighted by atomic mass is 9.94. The van der Waals surface area contributed by atoms with Crippen LogP contribution in [-0.4, -0.2) is 44.2 Å². The molecule has 0 unspecified atom stereocenters. The molecule has 0 aromatic heterocycles. The zero-order valence-corrected chi connectivity index (χ0v) is 12.7. The molecule has 0 spiro atoms. The minimum absolute atomic E-state index is 0.130. The van der Waals surface area contributed by atoms with E-state index in [1.807, 2.05) is 0 Å². The van der Waals surface area contributed by atoms with Crippen molar-refractivity contribution in [3.8, 4) is 5.75 Å². The lowest BCUT2D eigenvalue weighted by Crippen LogP contribution is -2.41. The number of piperidine rings is 1. The highest BCUT2D eigenvalue weighted by Crippen LogP contribution is 2.21. The standard InChI is InChI=1S/C16H21F2NO3/c1-21-9-6-12-4-7-19(8-5-12)16(20)11-22-13-2-3-14(17)15(18)10-13/h2-3,10,12H,4-9,11H2,1H3. The highest BCUT2D eigenvalue weighted by Gasteiger charge is 2.22. The monoisotopic (exact) mass is 313 g/mol. The van der Waals surface area contributed by atoms with Crippen molar-refractivity contribution in [3.05, 3.63) is 29.8 Å². The molecule has 1 fully saturated rings. The van der Waals surface area contributed by atoms with Crippen LogP contribution in [0.3, 0.4) is 0 Å². The molecule has 6 heteroatoms. The van der Waals surface area contributed by atoms with Crippen molar-refractivity contribution >= 4 is 5.91 Å². The number of amides is 1. The topological polar surface area (TPSA) is 38.8 Å². The van der Waals surface area contributed by atoms with Gasteiger partial charge in [0.1, 0.15) is 5.75 Å². The molecule has 1 aliphatic heterocycles. The van der Waals surface area contributed by atoms with Crippen LogP contribution in [0.5, 0.6) is 5.75 Å². The number of likely N-dealkylation sites (tertiary alicyclic amines) is 1. The number of hydrogen-bond acceptors (Lipinski definition) is 3. The van der Waals surface area contributed by atoms with E-state index in [1.54, 1.807) is 12.0 Å². The summed E-state index contributed by atoms with van der Waals surface area (Å²) in [5, 5.41) is 0. The van der Waals surface area contributed by atoms with Gasteiger partial charge in [-0.25, -0.2) is 8.78 Å². The summed E-state index contributed by atoms with van der Waals surface area (Å²) < 4.78 is 36.1. The second-order valence-electron chi connectivity index (χ2n) is 5.47. The molecule has 0 aliphatic carbocycles. The molecule has 1 saturated heterocycles. The van der Waals surface area contributed by atoms with Crippen molar-refractivity contribution in [2.45, 2.75) is 19.3 Å². The summed E-state index contributed by atoms with van der Waals surface area (Å²) in [6.07, 6.45) is 2.93. The van der Waals surface area contributed by atoms with Gasteiger partial charge in [0.2, 0.25) is 0 Å². The molecular weight excluding hydrogens is 292 g/mol. The molecule has 0 radical (unpaired) electrons. The van der Waals surface area contributed by atoms with Crippen molar-refractivity contribution in [2.75, 3.05) is 33.4 Å². The molecule has 2 rings (SSSR count).